The lowest BCUT2D eigenvalue weighted by Crippen LogP contribution is -3.15. The van der Waals surface area contributed by atoms with Gasteiger partial charge in [0.25, 0.3) is 5.91 Å². The van der Waals surface area contributed by atoms with E-state index in [2.05, 4.69) is 36.1 Å². The summed E-state index contributed by atoms with van der Waals surface area (Å²) in [6.45, 7) is 9.38. The van der Waals surface area contributed by atoms with Crippen LogP contribution in [0.3, 0.4) is 0 Å². The van der Waals surface area contributed by atoms with Crippen LogP contribution in [0.1, 0.15) is 18.1 Å². The molecule has 1 N–H and O–H groups in total. The van der Waals surface area contributed by atoms with Crippen molar-refractivity contribution < 1.29 is 18.8 Å². The van der Waals surface area contributed by atoms with Crippen molar-refractivity contribution in [2.24, 2.45) is 0 Å². The zero-order valence-electron chi connectivity index (χ0n) is 17.6. The summed E-state index contributed by atoms with van der Waals surface area (Å²) in [4.78, 5) is 18.3. The van der Waals surface area contributed by atoms with Gasteiger partial charge in [0.2, 0.25) is 0 Å². The summed E-state index contributed by atoms with van der Waals surface area (Å²) in [5.41, 5.74) is 3.35. The Morgan fingerprint density at radius 3 is 2.55 bits per heavy atom. The maximum Gasteiger partial charge on any atom is 0.278 e. The Bertz CT molecular complexity index is 835. The summed E-state index contributed by atoms with van der Waals surface area (Å²) in [7, 11) is 1.45. The van der Waals surface area contributed by atoms with Gasteiger partial charge >= 0.3 is 0 Å². The zero-order chi connectivity index (χ0) is 20.8. The highest BCUT2D eigenvalue weighted by atomic mass is 19.1. The number of carbonyl (C=O) groups excluding carboxylic acids is 1. The van der Waals surface area contributed by atoms with Crippen LogP contribution in [0.4, 0.5) is 10.1 Å². The fraction of sp³-hybridized carbons (Fsp3) is 0.435. The smallest absolute Gasteiger partial charge is 0.278 e. The summed E-state index contributed by atoms with van der Waals surface area (Å²) < 4.78 is 18.9. The maximum absolute atomic E-state index is 13.9. The lowest BCUT2D eigenvalue weighted by Gasteiger charge is -2.35. The molecular weight excluding hydrogens is 369 g/mol. The van der Waals surface area contributed by atoms with Crippen molar-refractivity contribution in [3.05, 3.63) is 59.4 Å². The molecule has 0 spiro atoms. The minimum atomic E-state index is -0.397. The highest BCUT2D eigenvalue weighted by Gasteiger charge is 2.25. The highest BCUT2D eigenvalue weighted by Crippen LogP contribution is 2.19. The molecule has 1 aliphatic heterocycles. The van der Waals surface area contributed by atoms with Crippen LogP contribution in [0.15, 0.2) is 42.5 Å². The number of ether oxygens (including phenoxy) is 1. The molecular formula is C23H31FN3O2+. The largest absolute Gasteiger partial charge is 0.494 e. The topological polar surface area (TPSA) is 37.2 Å². The van der Waals surface area contributed by atoms with Crippen LogP contribution in [-0.2, 0) is 11.3 Å². The van der Waals surface area contributed by atoms with Gasteiger partial charge in [-0.3, -0.25) is 4.79 Å². The van der Waals surface area contributed by atoms with Crippen LogP contribution < -0.4 is 14.5 Å². The van der Waals surface area contributed by atoms with Crippen molar-refractivity contribution in [2.75, 3.05) is 51.3 Å². The molecule has 1 amide bonds. The number of hydrogen-bond donors (Lipinski definition) is 1. The Morgan fingerprint density at radius 2 is 1.93 bits per heavy atom. The quantitative estimate of drug-likeness (QED) is 0.771. The third-order valence-electron chi connectivity index (χ3n) is 5.65. The molecule has 0 aliphatic carbocycles. The molecule has 1 saturated heterocycles. The molecule has 1 heterocycles. The number of aryl methyl sites for hydroxylation is 1. The number of anilines is 1. The van der Waals surface area contributed by atoms with Gasteiger partial charge in [0, 0.05) is 18.8 Å². The number of nitrogens with one attached hydrogen (secondary N) is 1. The number of carbonyl (C=O) groups is 1. The van der Waals surface area contributed by atoms with Crippen molar-refractivity contribution in [2.45, 2.75) is 20.4 Å². The molecule has 0 unspecified atom stereocenters. The molecule has 0 atom stereocenters. The molecule has 0 aromatic heterocycles. The number of amides is 1. The number of piperazine rings is 1. The highest BCUT2D eigenvalue weighted by molar-refractivity contribution is 5.77. The van der Waals surface area contributed by atoms with E-state index in [4.69, 9.17) is 4.74 Å². The number of hydrogen-bond acceptors (Lipinski definition) is 3. The number of benzene rings is 2. The molecule has 0 bridgehead atoms. The van der Waals surface area contributed by atoms with Gasteiger partial charge in [-0.05, 0) is 43.2 Å². The first kappa shape index (κ1) is 21.1. The molecule has 1 fully saturated rings. The third-order valence-corrected chi connectivity index (χ3v) is 5.65. The average molecular weight is 401 g/mol. The van der Waals surface area contributed by atoms with Gasteiger partial charge < -0.3 is 19.4 Å². The number of methoxy groups -OCH3 is 1. The maximum atomic E-state index is 13.9. The summed E-state index contributed by atoms with van der Waals surface area (Å²) in [6, 6.07) is 13.3. The van der Waals surface area contributed by atoms with E-state index in [9.17, 15) is 9.18 Å². The summed E-state index contributed by atoms with van der Waals surface area (Å²) in [5, 5.41) is 0. The number of likely N-dealkylation sites (N-methyl/N-ethyl adjacent to an activating group) is 1. The summed E-state index contributed by atoms with van der Waals surface area (Å²) in [6.07, 6.45) is 0. The van der Waals surface area contributed by atoms with Crippen molar-refractivity contribution in [3.8, 4) is 5.75 Å². The third kappa shape index (κ3) is 5.26. The van der Waals surface area contributed by atoms with Gasteiger partial charge in [-0.25, -0.2) is 4.39 Å². The van der Waals surface area contributed by atoms with Crippen LogP contribution in [0.25, 0.3) is 0 Å². The van der Waals surface area contributed by atoms with Crippen molar-refractivity contribution in [1.82, 2.24) is 4.90 Å². The minimum absolute atomic E-state index is 0.114. The lowest BCUT2D eigenvalue weighted by molar-refractivity contribution is -0.892. The first-order valence-corrected chi connectivity index (χ1v) is 10.3. The first-order valence-electron chi connectivity index (χ1n) is 10.3. The van der Waals surface area contributed by atoms with Crippen molar-refractivity contribution >= 4 is 11.6 Å². The average Bonchev–Trinajstić information content (AvgIpc) is 2.73. The van der Waals surface area contributed by atoms with E-state index in [1.807, 2.05) is 13.0 Å². The molecule has 6 heteroatoms. The minimum Gasteiger partial charge on any atom is -0.494 e. The molecule has 2 aromatic carbocycles. The number of halogens is 1. The monoisotopic (exact) mass is 400 g/mol. The molecule has 3 rings (SSSR count). The van der Waals surface area contributed by atoms with E-state index in [0.717, 1.165) is 31.7 Å². The van der Waals surface area contributed by atoms with E-state index in [1.165, 1.54) is 29.3 Å². The number of para-hydroxylation sites is 1. The molecule has 2 aromatic rings. The van der Waals surface area contributed by atoms with Gasteiger partial charge in [-0.2, -0.15) is 0 Å². The first-order chi connectivity index (χ1) is 14.0. The standard InChI is InChI=1S/C23H30FN3O2/c1-4-26(16-19-9-10-22(29-3)20(24)15-19)23(28)17-25-11-13-27(14-12-25)21-8-6-5-7-18(21)2/h5-10,15H,4,11-14,16-17H2,1-3H3/p+1. The van der Waals surface area contributed by atoms with Gasteiger partial charge in [-0.15, -0.1) is 0 Å². The van der Waals surface area contributed by atoms with Gasteiger partial charge in [0.05, 0.1) is 33.3 Å². The van der Waals surface area contributed by atoms with E-state index in [-0.39, 0.29) is 11.7 Å². The van der Waals surface area contributed by atoms with Crippen LogP contribution in [0.2, 0.25) is 0 Å². The van der Waals surface area contributed by atoms with Crippen molar-refractivity contribution in [3.63, 3.8) is 0 Å². The fourth-order valence-electron chi connectivity index (χ4n) is 3.89. The Balaban J connectivity index is 1.54. The number of nitrogens with zero attached hydrogens (tertiary/aromatic N) is 2. The Labute approximate surface area is 172 Å². The number of quaternary nitrogens is 1. The second-order valence-corrected chi connectivity index (χ2v) is 7.58. The normalized spacial score (nSPS) is 14.7. The Morgan fingerprint density at radius 1 is 1.21 bits per heavy atom. The Hall–Kier alpha value is -2.60. The van der Waals surface area contributed by atoms with E-state index >= 15 is 0 Å². The zero-order valence-corrected chi connectivity index (χ0v) is 17.6. The van der Waals surface area contributed by atoms with Gasteiger partial charge in [0.1, 0.15) is 0 Å². The van der Waals surface area contributed by atoms with Crippen molar-refractivity contribution in [1.29, 1.82) is 0 Å². The molecule has 5 nitrogen and oxygen atoms in total. The van der Waals surface area contributed by atoms with Crippen LogP contribution in [-0.4, -0.2) is 57.2 Å². The van der Waals surface area contributed by atoms with E-state index in [0.29, 0.717) is 19.6 Å². The predicted octanol–water partition coefficient (Wildman–Crippen LogP) is 1.90. The number of rotatable bonds is 7. The SMILES string of the molecule is CCN(Cc1ccc(OC)c(F)c1)C(=O)C[NH+]1CCN(c2ccccc2C)CC1. The van der Waals surface area contributed by atoms with Gasteiger partial charge in [-0.1, -0.05) is 24.3 Å². The molecule has 156 valence electrons. The fourth-order valence-corrected chi connectivity index (χ4v) is 3.89. The molecule has 29 heavy (non-hydrogen) atoms. The van der Waals surface area contributed by atoms with Crippen LogP contribution in [0.5, 0.6) is 5.75 Å². The molecule has 0 radical (unpaired) electrons. The van der Waals surface area contributed by atoms with Gasteiger partial charge in [0.15, 0.2) is 18.1 Å². The molecule has 1 aliphatic rings. The predicted molar refractivity (Wildman–Crippen MR) is 113 cm³/mol. The van der Waals surface area contributed by atoms with E-state index in [1.54, 1.807) is 11.0 Å². The Kier molecular flexibility index (Phi) is 7.09. The van der Waals surface area contributed by atoms with Crippen LogP contribution >= 0.6 is 0 Å². The van der Waals surface area contributed by atoms with Crippen LogP contribution in [0, 0.1) is 12.7 Å². The second kappa shape index (κ2) is 9.74. The second-order valence-electron chi connectivity index (χ2n) is 7.58. The molecule has 0 saturated carbocycles. The summed E-state index contributed by atoms with van der Waals surface area (Å²) in [5.74, 6) is -0.0615. The lowest BCUT2D eigenvalue weighted by atomic mass is 10.1. The van der Waals surface area contributed by atoms with E-state index < -0.39 is 5.82 Å². The summed E-state index contributed by atoms with van der Waals surface area (Å²) >= 11 is 0.